The van der Waals surface area contributed by atoms with Crippen LogP contribution in [0.1, 0.15) is 63.9 Å². The number of nitrogens with one attached hydrogen (secondary N) is 1. The lowest BCUT2D eigenvalue weighted by atomic mass is 9.83. The first-order valence-electron chi connectivity index (χ1n) is 10.9. The quantitative estimate of drug-likeness (QED) is 0.730. The van der Waals surface area contributed by atoms with Crippen molar-refractivity contribution in [2.75, 3.05) is 13.6 Å². The zero-order chi connectivity index (χ0) is 19.9. The highest BCUT2D eigenvalue weighted by atomic mass is 16.2. The SMILES string of the molecule is CCC1CCC(N(C(=O)CCNC(=O)N(C)Cc2ccccc2)C2CC2)CC1. The second-order valence-electron chi connectivity index (χ2n) is 8.44. The molecular weight excluding hydrogens is 350 g/mol. The lowest BCUT2D eigenvalue weighted by Crippen LogP contribution is -2.45. The molecule has 0 aromatic heterocycles. The molecule has 0 radical (unpaired) electrons. The number of carbonyl (C=O) groups excluding carboxylic acids is 2. The van der Waals surface area contributed by atoms with Crippen molar-refractivity contribution in [2.45, 2.75) is 76.9 Å². The molecular formula is C23H35N3O2. The van der Waals surface area contributed by atoms with E-state index in [-0.39, 0.29) is 11.9 Å². The van der Waals surface area contributed by atoms with Gasteiger partial charge in [0.2, 0.25) is 5.91 Å². The Morgan fingerprint density at radius 1 is 1.00 bits per heavy atom. The second kappa shape index (κ2) is 9.94. The van der Waals surface area contributed by atoms with Crippen LogP contribution in [0, 0.1) is 5.92 Å². The van der Waals surface area contributed by atoms with Crippen molar-refractivity contribution in [3.63, 3.8) is 0 Å². The van der Waals surface area contributed by atoms with E-state index in [1.807, 2.05) is 30.3 Å². The molecule has 2 aliphatic carbocycles. The summed E-state index contributed by atoms with van der Waals surface area (Å²) in [6, 6.07) is 10.7. The Morgan fingerprint density at radius 2 is 1.61 bits per heavy atom. The highest BCUT2D eigenvalue weighted by Crippen LogP contribution is 2.36. The summed E-state index contributed by atoms with van der Waals surface area (Å²) in [4.78, 5) is 29.0. The number of amides is 3. The number of rotatable bonds is 8. The monoisotopic (exact) mass is 385 g/mol. The average molecular weight is 386 g/mol. The van der Waals surface area contributed by atoms with Crippen LogP contribution in [0.5, 0.6) is 0 Å². The van der Waals surface area contributed by atoms with Gasteiger partial charge in [-0.15, -0.1) is 0 Å². The highest BCUT2D eigenvalue weighted by Gasteiger charge is 2.38. The zero-order valence-corrected chi connectivity index (χ0v) is 17.4. The molecule has 0 atom stereocenters. The fraction of sp³-hybridized carbons (Fsp3) is 0.652. The number of carbonyl (C=O) groups is 2. The van der Waals surface area contributed by atoms with Gasteiger partial charge in [-0.2, -0.15) is 0 Å². The van der Waals surface area contributed by atoms with Crippen LogP contribution in [-0.4, -0.2) is 47.4 Å². The summed E-state index contributed by atoms with van der Waals surface area (Å²) in [6.07, 6.45) is 8.73. The lowest BCUT2D eigenvalue weighted by molar-refractivity contribution is -0.135. The maximum Gasteiger partial charge on any atom is 0.317 e. The molecule has 2 aliphatic rings. The zero-order valence-electron chi connectivity index (χ0n) is 17.4. The van der Waals surface area contributed by atoms with Crippen LogP contribution >= 0.6 is 0 Å². The van der Waals surface area contributed by atoms with Gasteiger partial charge < -0.3 is 15.1 Å². The topological polar surface area (TPSA) is 52.7 Å². The van der Waals surface area contributed by atoms with E-state index in [0.29, 0.717) is 31.6 Å². The van der Waals surface area contributed by atoms with Crippen LogP contribution in [0.15, 0.2) is 30.3 Å². The van der Waals surface area contributed by atoms with Crippen LogP contribution in [0.4, 0.5) is 4.79 Å². The summed E-state index contributed by atoms with van der Waals surface area (Å²) in [7, 11) is 1.78. The Hall–Kier alpha value is -2.04. The summed E-state index contributed by atoms with van der Waals surface area (Å²) >= 11 is 0. The molecule has 2 saturated carbocycles. The van der Waals surface area contributed by atoms with Gasteiger partial charge in [0.15, 0.2) is 0 Å². The van der Waals surface area contributed by atoms with Crippen LogP contribution in [0.3, 0.4) is 0 Å². The molecule has 154 valence electrons. The number of hydrogen-bond acceptors (Lipinski definition) is 2. The minimum absolute atomic E-state index is 0.127. The third-order valence-corrected chi connectivity index (χ3v) is 6.24. The van der Waals surface area contributed by atoms with E-state index < -0.39 is 0 Å². The van der Waals surface area contributed by atoms with E-state index >= 15 is 0 Å². The highest BCUT2D eigenvalue weighted by molar-refractivity contribution is 5.79. The maximum absolute atomic E-state index is 12.9. The Balaban J connectivity index is 1.42. The van der Waals surface area contributed by atoms with Crippen molar-refractivity contribution in [2.24, 2.45) is 5.92 Å². The first-order chi connectivity index (χ1) is 13.6. The maximum atomic E-state index is 12.9. The molecule has 0 spiro atoms. The summed E-state index contributed by atoms with van der Waals surface area (Å²) in [5.41, 5.74) is 1.10. The molecule has 28 heavy (non-hydrogen) atoms. The van der Waals surface area contributed by atoms with Crippen molar-refractivity contribution in [1.29, 1.82) is 0 Å². The molecule has 2 fully saturated rings. The molecule has 1 N–H and O–H groups in total. The third-order valence-electron chi connectivity index (χ3n) is 6.24. The predicted molar refractivity (Wildman–Crippen MR) is 112 cm³/mol. The van der Waals surface area contributed by atoms with Gasteiger partial charge >= 0.3 is 6.03 Å². The number of hydrogen-bond donors (Lipinski definition) is 1. The van der Waals surface area contributed by atoms with Gasteiger partial charge in [-0.3, -0.25) is 4.79 Å². The largest absolute Gasteiger partial charge is 0.337 e. The van der Waals surface area contributed by atoms with E-state index in [9.17, 15) is 9.59 Å². The summed E-state index contributed by atoms with van der Waals surface area (Å²) in [5.74, 6) is 1.06. The van der Waals surface area contributed by atoms with Crippen molar-refractivity contribution in [3.05, 3.63) is 35.9 Å². The Labute approximate surface area is 169 Å². The van der Waals surface area contributed by atoms with Gasteiger partial charge in [-0.05, 0) is 50.0 Å². The molecule has 0 unspecified atom stereocenters. The molecule has 0 aliphatic heterocycles. The van der Waals surface area contributed by atoms with Crippen LogP contribution in [0.2, 0.25) is 0 Å². The Kier molecular flexibility index (Phi) is 7.35. The van der Waals surface area contributed by atoms with Gasteiger partial charge in [0.05, 0.1) is 0 Å². The first-order valence-corrected chi connectivity index (χ1v) is 10.9. The number of urea groups is 1. The molecule has 5 heteroatoms. The van der Waals surface area contributed by atoms with E-state index in [2.05, 4.69) is 17.1 Å². The predicted octanol–water partition coefficient (Wildman–Crippen LogP) is 4.18. The first kappa shape index (κ1) is 20.7. The van der Waals surface area contributed by atoms with Gasteiger partial charge in [-0.1, -0.05) is 43.7 Å². The fourth-order valence-electron chi connectivity index (χ4n) is 4.36. The van der Waals surface area contributed by atoms with Crippen LogP contribution < -0.4 is 5.32 Å². The Bertz CT molecular complexity index is 637. The minimum Gasteiger partial charge on any atom is -0.337 e. The van der Waals surface area contributed by atoms with Gasteiger partial charge in [0.25, 0.3) is 0 Å². The van der Waals surface area contributed by atoms with Crippen molar-refractivity contribution < 1.29 is 9.59 Å². The van der Waals surface area contributed by atoms with E-state index in [4.69, 9.17) is 0 Å². The smallest absolute Gasteiger partial charge is 0.317 e. The molecule has 1 aromatic rings. The van der Waals surface area contributed by atoms with E-state index in [1.54, 1.807) is 11.9 Å². The third kappa shape index (κ3) is 5.73. The standard InChI is InChI=1S/C23H35N3O2/c1-3-18-9-11-20(12-10-18)26(21-13-14-21)22(27)15-16-24-23(28)25(2)17-19-7-5-4-6-8-19/h4-8,18,20-21H,3,9-17H2,1-2H3,(H,24,28). The van der Waals surface area contributed by atoms with Crippen molar-refractivity contribution in [3.8, 4) is 0 Å². The van der Waals surface area contributed by atoms with Crippen LogP contribution in [0.25, 0.3) is 0 Å². The van der Waals surface area contributed by atoms with Crippen molar-refractivity contribution in [1.82, 2.24) is 15.1 Å². The van der Waals surface area contributed by atoms with Crippen LogP contribution in [-0.2, 0) is 11.3 Å². The van der Waals surface area contributed by atoms with Gasteiger partial charge in [0.1, 0.15) is 0 Å². The molecule has 3 rings (SSSR count). The summed E-state index contributed by atoms with van der Waals surface area (Å²) in [6.45, 7) is 3.24. The molecule has 1 aromatic carbocycles. The summed E-state index contributed by atoms with van der Waals surface area (Å²) in [5, 5.41) is 2.91. The van der Waals surface area contributed by atoms with E-state index in [0.717, 1.165) is 37.2 Å². The Morgan fingerprint density at radius 3 is 2.18 bits per heavy atom. The molecule has 0 heterocycles. The lowest BCUT2D eigenvalue weighted by Gasteiger charge is -2.37. The average Bonchev–Trinajstić information content (AvgIpc) is 3.54. The molecule has 0 saturated heterocycles. The molecule has 3 amide bonds. The molecule has 5 nitrogen and oxygen atoms in total. The van der Waals surface area contributed by atoms with Gasteiger partial charge in [0, 0.05) is 38.6 Å². The van der Waals surface area contributed by atoms with E-state index in [1.165, 1.54) is 19.3 Å². The van der Waals surface area contributed by atoms with Crippen molar-refractivity contribution >= 4 is 11.9 Å². The number of nitrogens with zero attached hydrogens (tertiary/aromatic N) is 2. The second-order valence-corrected chi connectivity index (χ2v) is 8.44. The minimum atomic E-state index is -0.127. The normalized spacial score (nSPS) is 21.8. The number of benzene rings is 1. The fourth-order valence-corrected chi connectivity index (χ4v) is 4.36. The van der Waals surface area contributed by atoms with Gasteiger partial charge in [-0.25, -0.2) is 4.79 Å². The summed E-state index contributed by atoms with van der Waals surface area (Å²) < 4.78 is 0. The molecule has 0 bridgehead atoms.